The maximum absolute atomic E-state index is 13.3. The lowest BCUT2D eigenvalue weighted by Crippen LogP contribution is -2.54. The Kier molecular flexibility index (Phi) is 4.83. The summed E-state index contributed by atoms with van der Waals surface area (Å²) in [6, 6.07) is -1.91. The van der Waals surface area contributed by atoms with E-state index in [-0.39, 0.29) is 23.1 Å². The fourth-order valence-corrected chi connectivity index (χ4v) is 4.33. The van der Waals surface area contributed by atoms with Crippen LogP contribution in [0.5, 0.6) is 0 Å². The van der Waals surface area contributed by atoms with E-state index in [1.165, 1.54) is 4.90 Å². The molecule has 29 heavy (non-hydrogen) atoms. The molecule has 7 nitrogen and oxygen atoms in total. The van der Waals surface area contributed by atoms with Crippen LogP contribution in [-0.4, -0.2) is 50.5 Å². The van der Waals surface area contributed by atoms with Gasteiger partial charge in [-0.25, -0.2) is 9.78 Å². The van der Waals surface area contributed by atoms with E-state index in [1.807, 2.05) is 13.8 Å². The average Bonchev–Trinajstić information content (AvgIpc) is 2.94. The number of carboxylic acids is 1. The number of amides is 1. The summed E-state index contributed by atoms with van der Waals surface area (Å²) in [5.41, 5.74) is -2.02. The fraction of sp³-hybridized carbons (Fsp3) is 0.684. The Balaban J connectivity index is 1.87. The number of aliphatic carboxylic acids is 1. The van der Waals surface area contributed by atoms with Gasteiger partial charge in [-0.2, -0.15) is 13.2 Å². The van der Waals surface area contributed by atoms with E-state index in [0.717, 1.165) is 6.20 Å². The Labute approximate surface area is 166 Å². The SMILES string of the molecule is CC(C)(C)[C@H](Nc1cncc(C(F)(F)F)n1)C(=O)N1C[C@H]2[C@@H]([C@H]1C(=O)O)C2(C)C. The molecule has 0 aromatic carbocycles. The van der Waals surface area contributed by atoms with Crippen molar-refractivity contribution in [3.63, 3.8) is 0 Å². The summed E-state index contributed by atoms with van der Waals surface area (Å²) in [4.78, 5) is 33.6. The van der Waals surface area contributed by atoms with Gasteiger partial charge in [-0.05, 0) is 16.7 Å². The molecule has 0 radical (unpaired) electrons. The van der Waals surface area contributed by atoms with Gasteiger partial charge in [0, 0.05) is 12.5 Å². The topological polar surface area (TPSA) is 95.4 Å². The van der Waals surface area contributed by atoms with Crippen LogP contribution < -0.4 is 5.32 Å². The van der Waals surface area contributed by atoms with Crippen LogP contribution in [-0.2, 0) is 15.8 Å². The van der Waals surface area contributed by atoms with Gasteiger partial charge >= 0.3 is 12.1 Å². The lowest BCUT2D eigenvalue weighted by Gasteiger charge is -2.37. The summed E-state index contributed by atoms with van der Waals surface area (Å²) in [6.45, 7) is 9.53. The summed E-state index contributed by atoms with van der Waals surface area (Å²) in [6.07, 6.45) is -2.95. The number of piperidine rings is 1. The Hall–Kier alpha value is -2.39. The normalized spacial score (nSPS) is 26.6. The molecule has 1 aliphatic heterocycles. The second-order valence-corrected chi connectivity index (χ2v) is 9.46. The smallest absolute Gasteiger partial charge is 0.434 e. The number of carbonyl (C=O) groups is 2. The molecule has 160 valence electrons. The van der Waals surface area contributed by atoms with Gasteiger partial charge in [0.1, 0.15) is 17.9 Å². The molecule has 1 saturated carbocycles. The maximum Gasteiger partial charge on any atom is 0.434 e. The molecule has 0 spiro atoms. The van der Waals surface area contributed by atoms with Crippen LogP contribution in [0.2, 0.25) is 0 Å². The standard InChI is InChI=1S/C19H25F3N4O3/c1-17(2,3)14(25-11-7-23-6-10(24-11)19(20,21)22)15(27)26-8-9-12(18(9,4)5)13(26)16(28)29/h6-7,9,12-14H,8H2,1-5H3,(H,24,25)(H,28,29)/t9-,12-,13-,14+/m0/s1. The molecule has 10 heteroatoms. The highest BCUT2D eigenvalue weighted by atomic mass is 19.4. The van der Waals surface area contributed by atoms with E-state index >= 15 is 0 Å². The summed E-state index contributed by atoms with van der Waals surface area (Å²) in [5.74, 6) is -1.75. The van der Waals surface area contributed by atoms with Crippen LogP contribution in [0.25, 0.3) is 0 Å². The molecule has 2 aliphatic rings. The highest BCUT2D eigenvalue weighted by Gasteiger charge is 2.70. The van der Waals surface area contributed by atoms with E-state index in [2.05, 4.69) is 15.3 Å². The molecule has 0 unspecified atom stereocenters. The number of likely N-dealkylation sites (tertiary alicyclic amines) is 1. The van der Waals surface area contributed by atoms with Crippen molar-refractivity contribution in [3.8, 4) is 0 Å². The molecule has 2 fully saturated rings. The van der Waals surface area contributed by atoms with E-state index in [9.17, 15) is 27.9 Å². The predicted octanol–water partition coefficient (Wildman–Crippen LogP) is 2.89. The second-order valence-electron chi connectivity index (χ2n) is 9.46. The van der Waals surface area contributed by atoms with Gasteiger partial charge in [0.15, 0.2) is 5.69 Å². The van der Waals surface area contributed by atoms with Crippen LogP contribution in [0.4, 0.5) is 19.0 Å². The number of nitrogens with one attached hydrogen (secondary N) is 1. The van der Waals surface area contributed by atoms with Crippen LogP contribution in [0, 0.1) is 22.7 Å². The zero-order valence-electron chi connectivity index (χ0n) is 16.9. The van der Waals surface area contributed by atoms with Crippen LogP contribution in [0.15, 0.2) is 12.4 Å². The van der Waals surface area contributed by atoms with Crippen molar-refractivity contribution in [3.05, 3.63) is 18.1 Å². The first-order valence-corrected chi connectivity index (χ1v) is 9.34. The van der Waals surface area contributed by atoms with Crippen molar-refractivity contribution in [2.45, 2.75) is 52.9 Å². The quantitative estimate of drug-likeness (QED) is 0.787. The highest BCUT2D eigenvalue weighted by molar-refractivity contribution is 5.90. The second kappa shape index (κ2) is 6.56. The average molecular weight is 414 g/mol. The molecule has 1 aromatic heterocycles. The number of hydrogen-bond acceptors (Lipinski definition) is 5. The number of anilines is 1. The number of fused-ring (bicyclic) bond motifs is 1. The van der Waals surface area contributed by atoms with Crippen molar-refractivity contribution < 1.29 is 27.9 Å². The molecule has 2 N–H and O–H groups in total. The summed E-state index contributed by atoms with van der Waals surface area (Å²) >= 11 is 0. The van der Waals surface area contributed by atoms with Gasteiger partial charge in [-0.15, -0.1) is 0 Å². The van der Waals surface area contributed by atoms with Gasteiger partial charge in [-0.1, -0.05) is 34.6 Å². The molecule has 1 amide bonds. The lowest BCUT2D eigenvalue weighted by atomic mass is 9.85. The van der Waals surface area contributed by atoms with Crippen LogP contribution >= 0.6 is 0 Å². The van der Waals surface area contributed by atoms with Gasteiger partial charge < -0.3 is 15.3 Å². The summed E-state index contributed by atoms with van der Waals surface area (Å²) in [7, 11) is 0. The number of aromatic nitrogens is 2. The number of carboxylic acid groups (broad SMARTS) is 1. The minimum atomic E-state index is -4.66. The number of carbonyl (C=O) groups excluding carboxylic acids is 1. The van der Waals surface area contributed by atoms with E-state index < -0.39 is 41.2 Å². The lowest BCUT2D eigenvalue weighted by molar-refractivity contribution is -0.151. The molecule has 0 bridgehead atoms. The van der Waals surface area contributed by atoms with Crippen molar-refractivity contribution >= 4 is 17.7 Å². The van der Waals surface area contributed by atoms with Gasteiger partial charge in [0.2, 0.25) is 5.91 Å². The van der Waals surface area contributed by atoms with Crippen molar-refractivity contribution in [2.24, 2.45) is 22.7 Å². The summed E-state index contributed by atoms with van der Waals surface area (Å²) < 4.78 is 38.8. The first-order chi connectivity index (χ1) is 13.2. The molecule has 1 aliphatic carbocycles. The van der Waals surface area contributed by atoms with Gasteiger partial charge in [0.05, 0.1) is 12.4 Å². The Bertz CT molecular complexity index is 835. The van der Waals surface area contributed by atoms with E-state index in [4.69, 9.17) is 0 Å². The molecule has 4 atom stereocenters. The monoisotopic (exact) mass is 414 g/mol. The fourth-order valence-electron chi connectivity index (χ4n) is 4.33. The molecule has 3 rings (SSSR count). The number of halogens is 3. The van der Waals surface area contributed by atoms with Crippen molar-refractivity contribution in [1.82, 2.24) is 14.9 Å². The van der Waals surface area contributed by atoms with E-state index in [0.29, 0.717) is 12.7 Å². The molecule has 1 aromatic rings. The summed E-state index contributed by atoms with van der Waals surface area (Å²) in [5, 5.41) is 12.5. The van der Waals surface area contributed by atoms with Gasteiger partial charge in [-0.3, -0.25) is 9.78 Å². The predicted molar refractivity (Wildman–Crippen MR) is 97.8 cm³/mol. The van der Waals surface area contributed by atoms with E-state index in [1.54, 1.807) is 20.8 Å². The zero-order chi connectivity index (χ0) is 21.9. The van der Waals surface area contributed by atoms with Crippen LogP contribution in [0.1, 0.15) is 40.3 Å². The molecule has 2 heterocycles. The molecular formula is C19H25F3N4O3. The molecule has 1 saturated heterocycles. The first-order valence-electron chi connectivity index (χ1n) is 9.34. The Morgan fingerprint density at radius 2 is 1.90 bits per heavy atom. The zero-order valence-corrected chi connectivity index (χ0v) is 16.9. The highest BCUT2D eigenvalue weighted by Crippen LogP contribution is 2.65. The third kappa shape index (κ3) is 3.76. The van der Waals surface area contributed by atoms with Crippen LogP contribution in [0.3, 0.4) is 0 Å². The number of rotatable bonds is 4. The minimum Gasteiger partial charge on any atom is -0.480 e. The maximum atomic E-state index is 13.3. The largest absolute Gasteiger partial charge is 0.480 e. The van der Waals surface area contributed by atoms with Crippen molar-refractivity contribution in [1.29, 1.82) is 0 Å². The Morgan fingerprint density at radius 1 is 1.28 bits per heavy atom. The number of nitrogens with zero attached hydrogens (tertiary/aromatic N) is 3. The third-order valence-corrected chi connectivity index (χ3v) is 6.07. The molecular weight excluding hydrogens is 389 g/mol. The Morgan fingerprint density at radius 3 is 2.41 bits per heavy atom. The third-order valence-electron chi connectivity index (χ3n) is 6.07. The first kappa shape index (κ1) is 21.3. The number of alkyl halides is 3. The van der Waals surface area contributed by atoms with Crippen molar-refractivity contribution in [2.75, 3.05) is 11.9 Å². The number of hydrogen-bond donors (Lipinski definition) is 2. The van der Waals surface area contributed by atoms with Gasteiger partial charge in [0.25, 0.3) is 0 Å². The minimum absolute atomic E-state index is 0.0986.